The van der Waals surface area contributed by atoms with Gasteiger partial charge in [-0.1, -0.05) is 13.3 Å². The zero-order valence-corrected chi connectivity index (χ0v) is 11.0. The van der Waals surface area contributed by atoms with Crippen molar-refractivity contribution < 1.29 is 19.4 Å². The Kier molecular flexibility index (Phi) is 5.68. The predicted octanol–water partition coefficient (Wildman–Crippen LogP) is 2.59. The highest BCUT2D eigenvalue weighted by Gasteiger charge is 2.19. The Labute approximate surface area is 112 Å². The van der Waals surface area contributed by atoms with Crippen molar-refractivity contribution in [3.63, 3.8) is 0 Å². The van der Waals surface area contributed by atoms with E-state index in [4.69, 9.17) is 19.8 Å². The lowest BCUT2D eigenvalue weighted by Crippen LogP contribution is -2.26. The number of unbranched alkanes of at least 4 members (excludes halogenated alkanes) is 1. The number of ether oxygens (including phenoxy) is 2. The summed E-state index contributed by atoms with van der Waals surface area (Å²) in [6.07, 6.45) is 1.20. The van der Waals surface area contributed by atoms with E-state index in [2.05, 4.69) is 0 Å². The van der Waals surface area contributed by atoms with Crippen molar-refractivity contribution in [2.45, 2.75) is 32.3 Å². The number of benzene rings is 1. The first-order valence-electron chi connectivity index (χ1n) is 6.09. The maximum atomic E-state index is 11.1. The Hall–Kier alpha value is -2.22. The van der Waals surface area contributed by atoms with Gasteiger partial charge in [0.25, 0.3) is 0 Å². The highest BCUT2D eigenvalue weighted by atomic mass is 16.5. The summed E-state index contributed by atoms with van der Waals surface area (Å²) >= 11 is 0. The zero-order valence-electron chi connectivity index (χ0n) is 11.0. The summed E-state index contributed by atoms with van der Waals surface area (Å²) < 4.78 is 10.5. The van der Waals surface area contributed by atoms with Gasteiger partial charge >= 0.3 is 5.97 Å². The first kappa shape index (κ1) is 14.8. The van der Waals surface area contributed by atoms with Gasteiger partial charge < -0.3 is 14.6 Å². The number of aliphatic carboxylic acids is 1. The van der Waals surface area contributed by atoms with Crippen LogP contribution in [0.1, 0.15) is 31.7 Å². The van der Waals surface area contributed by atoms with E-state index in [0.29, 0.717) is 23.5 Å². The monoisotopic (exact) mass is 263 g/mol. The van der Waals surface area contributed by atoms with Crippen molar-refractivity contribution in [2.24, 2.45) is 0 Å². The highest BCUT2D eigenvalue weighted by Crippen LogP contribution is 2.24. The number of nitriles is 1. The number of hydrogen-bond acceptors (Lipinski definition) is 4. The van der Waals surface area contributed by atoms with E-state index in [1.807, 2.05) is 13.0 Å². The predicted molar refractivity (Wildman–Crippen MR) is 69.3 cm³/mol. The lowest BCUT2D eigenvalue weighted by atomic mass is 10.1. The average molecular weight is 263 g/mol. The number of hydrogen-bond donors (Lipinski definition) is 1. The van der Waals surface area contributed by atoms with E-state index in [9.17, 15) is 4.79 Å². The molecule has 0 heterocycles. The molecule has 0 aliphatic carbocycles. The molecule has 0 aliphatic heterocycles. The van der Waals surface area contributed by atoms with Crippen LogP contribution in [0.15, 0.2) is 18.2 Å². The van der Waals surface area contributed by atoms with Crippen LogP contribution in [0.3, 0.4) is 0 Å². The molecule has 1 N–H and O–H groups in total. The van der Waals surface area contributed by atoms with Crippen LogP contribution in [0.25, 0.3) is 0 Å². The van der Waals surface area contributed by atoms with Crippen LogP contribution in [-0.4, -0.2) is 24.3 Å². The van der Waals surface area contributed by atoms with Gasteiger partial charge in [0.15, 0.2) is 6.10 Å². The quantitative estimate of drug-likeness (QED) is 0.817. The van der Waals surface area contributed by atoms with Crippen molar-refractivity contribution in [3.8, 4) is 17.6 Å². The Bertz CT molecular complexity index is 479. The molecule has 0 spiro atoms. The van der Waals surface area contributed by atoms with Crippen LogP contribution in [0.2, 0.25) is 0 Å². The van der Waals surface area contributed by atoms with Crippen molar-refractivity contribution in [1.29, 1.82) is 5.26 Å². The molecule has 1 unspecified atom stereocenters. The summed E-state index contributed by atoms with van der Waals surface area (Å²) in [5.41, 5.74) is 0.369. The molecule has 5 nitrogen and oxygen atoms in total. The molecule has 1 aromatic carbocycles. The number of nitrogens with zero attached hydrogens (tertiary/aromatic N) is 1. The van der Waals surface area contributed by atoms with E-state index in [1.165, 1.54) is 13.2 Å². The number of rotatable bonds is 7. The number of carbonyl (C=O) groups is 1. The molecule has 0 radical (unpaired) electrons. The summed E-state index contributed by atoms with van der Waals surface area (Å²) in [5, 5.41) is 18.0. The number of carboxylic acids is 1. The molecule has 0 saturated carbocycles. The van der Waals surface area contributed by atoms with Gasteiger partial charge in [-0.15, -0.1) is 0 Å². The minimum absolute atomic E-state index is 0.333. The van der Waals surface area contributed by atoms with Gasteiger partial charge in [0.05, 0.1) is 18.7 Å². The molecule has 0 amide bonds. The van der Waals surface area contributed by atoms with E-state index < -0.39 is 12.1 Å². The fourth-order valence-electron chi connectivity index (χ4n) is 1.61. The topological polar surface area (TPSA) is 79.5 Å². The van der Waals surface area contributed by atoms with Crippen LogP contribution in [0, 0.1) is 11.3 Å². The zero-order chi connectivity index (χ0) is 14.3. The second kappa shape index (κ2) is 7.27. The van der Waals surface area contributed by atoms with Gasteiger partial charge in [-0.25, -0.2) is 4.79 Å². The number of carboxylic acid groups (broad SMARTS) is 1. The molecular formula is C14H17NO4. The van der Waals surface area contributed by atoms with Gasteiger partial charge in [-0.05, 0) is 25.0 Å². The van der Waals surface area contributed by atoms with Gasteiger partial charge in [0, 0.05) is 6.07 Å². The molecule has 1 rings (SSSR count). The first-order chi connectivity index (χ1) is 9.10. The van der Waals surface area contributed by atoms with Crippen LogP contribution >= 0.6 is 0 Å². The van der Waals surface area contributed by atoms with E-state index in [1.54, 1.807) is 12.1 Å². The van der Waals surface area contributed by atoms with Gasteiger partial charge in [0.2, 0.25) is 0 Å². The minimum atomic E-state index is -1.00. The molecule has 0 aromatic heterocycles. The summed E-state index contributed by atoms with van der Waals surface area (Å²) in [4.78, 5) is 11.1. The van der Waals surface area contributed by atoms with Gasteiger partial charge in [-0.2, -0.15) is 5.26 Å². The van der Waals surface area contributed by atoms with Crippen molar-refractivity contribution in [3.05, 3.63) is 23.8 Å². The summed E-state index contributed by atoms with van der Waals surface area (Å²) in [6, 6.07) is 6.62. The van der Waals surface area contributed by atoms with Crippen LogP contribution in [0.4, 0.5) is 0 Å². The van der Waals surface area contributed by atoms with Gasteiger partial charge in [0.1, 0.15) is 11.5 Å². The lowest BCUT2D eigenvalue weighted by Gasteiger charge is -2.15. The number of methoxy groups -OCH3 is 1. The normalized spacial score (nSPS) is 11.4. The molecular weight excluding hydrogens is 246 g/mol. The fourth-order valence-corrected chi connectivity index (χ4v) is 1.61. The molecule has 1 aromatic rings. The Morgan fingerprint density at radius 3 is 2.63 bits per heavy atom. The smallest absolute Gasteiger partial charge is 0.344 e. The Balaban J connectivity index is 2.89. The van der Waals surface area contributed by atoms with Crippen molar-refractivity contribution in [1.82, 2.24) is 0 Å². The summed E-state index contributed by atoms with van der Waals surface area (Å²) in [5.74, 6) is -0.206. The van der Waals surface area contributed by atoms with Gasteiger partial charge in [-0.3, -0.25) is 0 Å². The van der Waals surface area contributed by atoms with E-state index in [0.717, 1.165) is 12.8 Å². The molecule has 0 saturated heterocycles. The molecule has 1 atom stereocenters. The SMILES string of the molecule is CCCCC(Oc1cc(C#N)cc(OC)c1)C(=O)O. The first-order valence-corrected chi connectivity index (χ1v) is 6.09. The van der Waals surface area contributed by atoms with E-state index in [-0.39, 0.29) is 0 Å². The molecule has 19 heavy (non-hydrogen) atoms. The summed E-state index contributed by atoms with van der Waals surface area (Å²) in [6.45, 7) is 1.98. The average Bonchev–Trinajstić information content (AvgIpc) is 2.42. The summed E-state index contributed by atoms with van der Waals surface area (Å²) in [7, 11) is 1.48. The second-order valence-corrected chi connectivity index (χ2v) is 4.10. The van der Waals surface area contributed by atoms with Crippen LogP contribution in [0.5, 0.6) is 11.5 Å². The van der Waals surface area contributed by atoms with Crippen LogP contribution in [-0.2, 0) is 4.79 Å². The van der Waals surface area contributed by atoms with Crippen molar-refractivity contribution >= 4 is 5.97 Å². The molecule has 0 bridgehead atoms. The minimum Gasteiger partial charge on any atom is -0.497 e. The Morgan fingerprint density at radius 1 is 1.42 bits per heavy atom. The second-order valence-electron chi connectivity index (χ2n) is 4.10. The molecule has 102 valence electrons. The maximum absolute atomic E-state index is 11.1. The third kappa shape index (κ3) is 4.51. The lowest BCUT2D eigenvalue weighted by molar-refractivity contribution is -0.145. The molecule has 5 heteroatoms. The van der Waals surface area contributed by atoms with Crippen LogP contribution < -0.4 is 9.47 Å². The third-order valence-electron chi connectivity index (χ3n) is 2.62. The third-order valence-corrected chi connectivity index (χ3v) is 2.62. The Morgan fingerprint density at radius 2 is 2.11 bits per heavy atom. The maximum Gasteiger partial charge on any atom is 0.344 e. The molecule has 0 aliphatic rings. The fraction of sp³-hybridized carbons (Fsp3) is 0.429. The standard InChI is InChI=1S/C14H17NO4/c1-3-4-5-13(14(16)17)19-12-7-10(9-15)6-11(8-12)18-2/h6-8,13H,3-5H2,1-2H3,(H,16,17). The van der Waals surface area contributed by atoms with Crippen molar-refractivity contribution in [2.75, 3.05) is 7.11 Å². The largest absolute Gasteiger partial charge is 0.497 e. The van der Waals surface area contributed by atoms with E-state index >= 15 is 0 Å². The molecule has 0 fully saturated rings. The highest BCUT2D eigenvalue weighted by molar-refractivity contribution is 5.72.